The number of nitrogens with one attached hydrogen (secondary N) is 2. The Bertz CT molecular complexity index is 474. The molecule has 0 saturated heterocycles. The van der Waals surface area contributed by atoms with Crippen LogP contribution >= 0.6 is 0 Å². The molecule has 0 fully saturated rings. The van der Waals surface area contributed by atoms with Crippen LogP contribution in [0.15, 0.2) is 36.0 Å². The summed E-state index contributed by atoms with van der Waals surface area (Å²) in [5, 5.41) is 3.33. The fourth-order valence-electron chi connectivity index (χ4n) is 1.52. The van der Waals surface area contributed by atoms with Gasteiger partial charge in [-0.3, -0.25) is 0 Å². The number of rotatable bonds is 0. The highest BCUT2D eigenvalue weighted by atomic mass is 19.5. The second kappa shape index (κ2) is 5.70. The molecule has 0 saturated carbocycles. The molecule has 2 N–H and O–H groups in total. The Kier molecular flexibility index (Phi) is 4.52. The Balaban J connectivity index is 0.000000280. The normalized spacial score (nSPS) is 14.1. The second-order valence-corrected chi connectivity index (χ2v) is 3.80. The van der Waals surface area contributed by atoms with E-state index in [-0.39, 0.29) is 0 Å². The van der Waals surface area contributed by atoms with Crippen molar-refractivity contribution in [3.8, 4) is 0 Å². The van der Waals surface area contributed by atoms with Crippen molar-refractivity contribution in [1.82, 2.24) is 0 Å². The van der Waals surface area contributed by atoms with Gasteiger partial charge >= 0.3 is 7.25 Å². The summed E-state index contributed by atoms with van der Waals surface area (Å²) in [6, 6.07) is 8.19. The van der Waals surface area contributed by atoms with Crippen molar-refractivity contribution >= 4 is 24.3 Å². The van der Waals surface area contributed by atoms with Crippen LogP contribution in [0.2, 0.25) is 0 Å². The van der Waals surface area contributed by atoms with Crippen molar-refractivity contribution in [1.29, 1.82) is 0 Å². The van der Waals surface area contributed by atoms with Crippen LogP contribution in [0.5, 0.6) is 0 Å². The van der Waals surface area contributed by atoms with E-state index in [1.54, 1.807) is 0 Å². The van der Waals surface area contributed by atoms with Crippen LogP contribution in [-0.4, -0.2) is 13.0 Å². The van der Waals surface area contributed by atoms with E-state index in [2.05, 4.69) is 42.4 Å². The summed E-state index contributed by atoms with van der Waals surface area (Å²) in [6.45, 7) is 4.13. The quantitative estimate of drug-likeness (QED) is 0.544. The lowest BCUT2D eigenvalue weighted by molar-refractivity contribution is -0.351. The van der Waals surface area contributed by atoms with Crippen molar-refractivity contribution in [3.05, 3.63) is 36.0 Å². The van der Waals surface area contributed by atoms with Gasteiger partial charge in [0.1, 0.15) is 5.69 Å². The predicted molar refractivity (Wildman–Crippen MR) is 65.3 cm³/mol. The molecule has 98 valence electrons. The largest absolute Gasteiger partial charge is 0.673 e. The van der Waals surface area contributed by atoms with Crippen molar-refractivity contribution < 1.29 is 22.3 Å². The molecular weight excluding hydrogens is 247 g/mol. The van der Waals surface area contributed by atoms with E-state index < -0.39 is 7.25 Å². The van der Waals surface area contributed by atoms with Gasteiger partial charge in [0, 0.05) is 24.8 Å². The van der Waals surface area contributed by atoms with E-state index in [0.29, 0.717) is 0 Å². The van der Waals surface area contributed by atoms with E-state index in [1.807, 2.05) is 12.1 Å². The van der Waals surface area contributed by atoms with Crippen molar-refractivity contribution in [2.24, 2.45) is 0 Å². The molecule has 7 heteroatoms. The van der Waals surface area contributed by atoms with E-state index >= 15 is 0 Å². The van der Waals surface area contributed by atoms with Gasteiger partial charge in [-0.1, -0.05) is 12.1 Å². The number of anilines is 1. The molecule has 0 amide bonds. The van der Waals surface area contributed by atoms with Crippen LogP contribution in [0, 0.1) is 0 Å². The summed E-state index contributed by atoms with van der Waals surface area (Å²) >= 11 is 0. The Morgan fingerprint density at radius 3 is 2.22 bits per heavy atom. The summed E-state index contributed by atoms with van der Waals surface area (Å²) in [4.78, 5) is 3.33. The summed E-state index contributed by atoms with van der Waals surface area (Å²) in [5.41, 5.74) is 4.59. The van der Waals surface area contributed by atoms with Crippen molar-refractivity contribution in [2.45, 2.75) is 13.8 Å². The van der Waals surface area contributed by atoms with Crippen LogP contribution in [0.25, 0.3) is 0 Å². The number of benzene rings is 1. The molecule has 1 heterocycles. The minimum absolute atomic E-state index is 1.13. The number of hydrogen-bond donors (Lipinski definition) is 2. The first-order valence-electron chi connectivity index (χ1n) is 5.28. The molecule has 0 unspecified atom stereocenters. The molecule has 1 aromatic rings. The van der Waals surface area contributed by atoms with Gasteiger partial charge in [0.2, 0.25) is 5.69 Å². The van der Waals surface area contributed by atoms with Gasteiger partial charge < -0.3 is 22.6 Å². The van der Waals surface area contributed by atoms with Gasteiger partial charge in [0.15, 0.2) is 5.71 Å². The second-order valence-electron chi connectivity index (χ2n) is 3.80. The van der Waals surface area contributed by atoms with Crippen molar-refractivity contribution in [3.63, 3.8) is 0 Å². The minimum Gasteiger partial charge on any atom is -0.418 e. The lowest BCUT2D eigenvalue weighted by Gasteiger charge is -2.02. The average molecular weight is 260 g/mol. The Labute approximate surface area is 103 Å². The number of fused-ring (bicyclic) bond motifs is 1. The maximum Gasteiger partial charge on any atom is 0.673 e. The molecule has 0 radical (unpaired) electrons. The molecule has 1 aliphatic heterocycles. The maximum absolute atomic E-state index is 9.75. The Morgan fingerprint density at radius 1 is 1.06 bits per heavy atom. The first-order chi connectivity index (χ1) is 8.25. The van der Waals surface area contributed by atoms with Gasteiger partial charge in [-0.2, -0.15) is 0 Å². The van der Waals surface area contributed by atoms with Gasteiger partial charge in [-0.05, 0) is 13.0 Å². The molecule has 0 spiro atoms. The molecule has 2 rings (SSSR count). The fraction of sp³-hybridized carbons (Fsp3) is 0.182. The highest BCUT2D eigenvalue weighted by molar-refractivity contribution is 6.50. The summed E-state index contributed by atoms with van der Waals surface area (Å²) in [6.07, 6.45) is 2.10. The molecule has 0 atom stereocenters. The van der Waals surface area contributed by atoms with E-state index in [0.717, 1.165) is 22.8 Å². The van der Waals surface area contributed by atoms with Crippen molar-refractivity contribution in [2.75, 3.05) is 5.32 Å². The average Bonchev–Trinajstić information content (AvgIpc) is 2.31. The summed E-state index contributed by atoms with van der Waals surface area (Å²) in [5.74, 6) is 0. The van der Waals surface area contributed by atoms with E-state index in [9.17, 15) is 17.3 Å². The Morgan fingerprint density at radius 2 is 1.61 bits per heavy atom. The molecule has 1 aliphatic rings. The van der Waals surface area contributed by atoms with E-state index in [1.165, 1.54) is 0 Å². The Hall–Kier alpha value is -1.79. The highest BCUT2D eigenvalue weighted by Crippen LogP contribution is 2.18. The maximum atomic E-state index is 9.75. The van der Waals surface area contributed by atoms with Gasteiger partial charge in [0.25, 0.3) is 0 Å². The van der Waals surface area contributed by atoms with E-state index in [4.69, 9.17) is 0 Å². The minimum atomic E-state index is -6.00. The summed E-state index contributed by atoms with van der Waals surface area (Å²) in [7, 11) is -6.00. The SMILES string of the molecule is CC1=CC(C)=[NH+]c2ccccc2N1.F[B-](F)(F)F. The fourth-order valence-corrected chi connectivity index (χ4v) is 1.52. The number of halogens is 4. The third-order valence-electron chi connectivity index (χ3n) is 2.02. The molecule has 0 aromatic heterocycles. The van der Waals surface area contributed by atoms with Gasteiger partial charge in [-0.15, -0.1) is 0 Å². The zero-order chi connectivity index (χ0) is 13.8. The molecule has 1 aromatic carbocycles. The van der Waals surface area contributed by atoms with Crippen LogP contribution in [0.1, 0.15) is 13.8 Å². The number of allylic oxidation sites excluding steroid dienone is 2. The van der Waals surface area contributed by atoms with Gasteiger partial charge in [-0.25, -0.2) is 4.99 Å². The zero-order valence-electron chi connectivity index (χ0n) is 9.98. The number of para-hydroxylation sites is 2. The smallest absolute Gasteiger partial charge is 0.418 e. The molecular formula is C11H13BF4N2. The third-order valence-corrected chi connectivity index (χ3v) is 2.02. The summed E-state index contributed by atoms with van der Waals surface area (Å²) < 4.78 is 39.0. The third kappa shape index (κ3) is 5.52. The van der Waals surface area contributed by atoms with Crippen LogP contribution in [0.4, 0.5) is 28.6 Å². The molecule has 18 heavy (non-hydrogen) atoms. The van der Waals surface area contributed by atoms with Crippen LogP contribution in [0.3, 0.4) is 0 Å². The highest BCUT2D eigenvalue weighted by Gasteiger charge is 2.20. The molecule has 0 bridgehead atoms. The molecule has 2 nitrogen and oxygen atoms in total. The predicted octanol–water partition coefficient (Wildman–Crippen LogP) is 2.49. The van der Waals surface area contributed by atoms with Crippen LogP contribution < -0.4 is 10.3 Å². The standard InChI is InChI=1S/C11H12N2.BF4/c1-8-7-9(2)13-11-6-4-3-5-10(11)12-8;2-1(3,4)5/h3-7,12H,1-2H3;/q;-1/p+1. The molecule has 0 aliphatic carbocycles. The number of hydrogen-bond acceptors (Lipinski definition) is 1. The first kappa shape index (κ1) is 14.3. The lowest BCUT2D eigenvalue weighted by atomic mass is 10.2. The topological polar surface area (TPSA) is 26.0 Å². The van der Waals surface area contributed by atoms with Gasteiger partial charge in [0.05, 0.1) is 0 Å². The van der Waals surface area contributed by atoms with Crippen LogP contribution in [-0.2, 0) is 0 Å². The lowest BCUT2D eigenvalue weighted by Crippen LogP contribution is -2.64. The zero-order valence-corrected chi connectivity index (χ0v) is 9.98. The monoisotopic (exact) mass is 260 g/mol. The first-order valence-corrected chi connectivity index (χ1v) is 5.28.